The predicted molar refractivity (Wildman–Crippen MR) is 283 cm³/mol. The highest BCUT2D eigenvalue weighted by molar-refractivity contribution is 6.16. The third-order valence-electron chi connectivity index (χ3n) is 12.3. The molecule has 0 unspecified atom stereocenters. The summed E-state index contributed by atoms with van der Waals surface area (Å²) in [6.07, 6.45) is 6.29. The van der Waals surface area contributed by atoms with Crippen LogP contribution >= 0.6 is 0 Å². The Morgan fingerprint density at radius 3 is 1.82 bits per heavy atom. The minimum atomic E-state index is 0.478. The molecule has 0 radical (unpaired) electrons. The molecule has 0 aromatic heterocycles. The topological polar surface area (TPSA) is 49.6 Å². The zero-order valence-electron chi connectivity index (χ0n) is 37.4. The largest absolute Gasteiger partial charge is 0.458 e. The zero-order chi connectivity index (χ0) is 45.5. The highest BCUT2D eigenvalue weighted by atomic mass is 16.5. The van der Waals surface area contributed by atoms with E-state index < -0.39 is 0 Å². The molecule has 9 aromatic rings. The van der Waals surface area contributed by atoms with Crippen LogP contribution in [0.5, 0.6) is 5.75 Å². The van der Waals surface area contributed by atoms with E-state index in [0.717, 1.165) is 55.9 Å². The first kappa shape index (κ1) is 42.3. The number of anilines is 2. The molecule has 0 N–H and O–H groups in total. The zero-order valence-corrected chi connectivity index (χ0v) is 37.4. The van der Waals surface area contributed by atoms with E-state index in [1.54, 1.807) is 0 Å². The Morgan fingerprint density at radius 2 is 1.15 bits per heavy atom. The van der Waals surface area contributed by atoms with Crippen molar-refractivity contribution in [3.8, 4) is 39.1 Å². The van der Waals surface area contributed by atoms with E-state index >= 15 is 0 Å². The van der Waals surface area contributed by atoms with Gasteiger partial charge in [-0.05, 0) is 85.4 Å². The maximum atomic E-state index is 6.58. The highest BCUT2D eigenvalue weighted by Gasteiger charge is 2.23. The average molecular weight is 865 g/mol. The van der Waals surface area contributed by atoms with Gasteiger partial charge >= 0.3 is 0 Å². The number of hydrogen-bond acceptors (Lipinski definition) is 3. The van der Waals surface area contributed by atoms with Gasteiger partial charge in [-0.3, -0.25) is 4.99 Å². The molecule has 10 rings (SSSR count). The summed E-state index contributed by atoms with van der Waals surface area (Å²) < 4.78 is 6.58. The number of allylic oxidation sites excluding steroid dienone is 3. The maximum absolute atomic E-state index is 6.58. The van der Waals surface area contributed by atoms with Crippen LogP contribution in [0, 0.1) is 0 Å². The molecule has 0 fully saturated rings. The third-order valence-corrected chi connectivity index (χ3v) is 12.3. The fourth-order valence-corrected chi connectivity index (χ4v) is 8.98. The second kappa shape index (κ2) is 19.2. The molecule has 1 aliphatic heterocycles. The molecule has 0 amide bonds. The average Bonchev–Trinajstić information content (AvgIpc) is 3.47. The lowest BCUT2D eigenvalue weighted by Gasteiger charge is -2.27. The fraction of sp³-hybridized carbons (Fsp3) is 0.0484. The van der Waals surface area contributed by atoms with Crippen molar-refractivity contribution < 1.29 is 4.74 Å². The Morgan fingerprint density at radius 1 is 0.582 bits per heavy atom. The number of rotatable bonds is 9. The van der Waals surface area contributed by atoms with E-state index in [9.17, 15) is 0 Å². The van der Waals surface area contributed by atoms with E-state index in [-0.39, 0.29) is 0 Å². The molecule has 0 bridgehead atoms. The van der Waals surface area contributed by atoms with Gasteiger partial charge in [0.05, 0.1) is 12.2 Å². The van der Waals surface area contributed by atoms with Crippen molar-refractivity contribution in [2.24, 2.45) is 15.0 Å². The van der Waals surface area contributed by atoms with Crippen molar-refractivity contribution >= 4 is 51.3 Å². The van der Waals surface area contributed by atoms with E-state index in [1.165, 1.54) is 32.7 Å². The smallest absolute Gasteiger partial charge is 0.157 e. The minimum Gasteiger partial charge on any atom is -0.458 e. The molecule has 0 saturated carbocycles. The van der Waals surface area contributed by atoms with Gasteiger partial charge in [-0.15, -0.1) is 0 Å². The molecule has 9 aromatic carbocycles. The standard InChI is InChI=1S/C62H48N4O/c1-43-21-20-30-49(61(63-2)65-62(47-28-14-7-15-29-47)64-42-44-22-8-4-9-23-44)39-48-35-36-50(40-59(48)67-43)66(3)58-41-57(46-26-12-6-13-27-46)54-33-18-19-34-55(54)60(58)56-38-37-51(45-24-10-5-11-25-45)52-31-16-17-32-53(52)56/h4-38,40-41H,1-2,39,42H2,3H3/b21-20-,49-30+,64-62-,65-61-. The summed E-state index contributed by atoms with van der Waals surface area (Å²) >= 11 is 0. The molecular weight excluding hydrogens is 817 g/mol. The summed E-state index contributed by atoms with van der Waals surface area (Å²) in [5.41, 5.74) is 12.8. The van der Waals surface area contributed by atoms with Crippen molar-refractivity contribution in [2.75, 3.05) is 11.9 Å². The van der Waals surface area contributed by atoms with Crippen molar-refractivity contribution in [2.45, 2.75) is 13.0 Å². The van der Waals surface area contributed by atoms with Gasteiger partial charge in [0.15, 0.2) is 11.7 Å². The Bertz CT molecular complexity index is 3410. The number of aliphatic imine (C=N–C) groups is 3. The highest BCUT2D eigenvalue weighted by Crippen LogP contribution is 2.48. The predicted octanol–water partition coefficient (Wildman–Crippen LogP) is 15.4. The van der Waals surface area contributed by atoms with E-state index in [4.69, 9.17) is 14.7 Å². The number of nitrogens with zero attached hydrogens (tertiary/aromatic N) is 4. The van der Waals surface area contributed by atoms with Gasteiger partial charge in [0, 0.05) is 41.9 Å². The summed E-state index contributed by atoms with van der Waals surface area (Å²) in [6.45, 7) is 8.74. The van der Waals surface area contributed by atoms with Crippen molar-refractivity contribution in [3.05, 3.63) is 259 Å². The number of amidine groups is 2. The SMILES string of the molecule is C=NC(=N\C(=N/Cc1ccccc1)c1ccccc1)/C1=C/C=C\C(=C)Oc2cc(N(C)c3cc(-c4ccccc4)c4ccccc4c3-c3ccc(-c4ccccc4)c4ccccc34)ccc2C1. The molecule has 5 heteroatoms. The molecule has 5 nitrogen and oxygen atoms in total. The lowest BCUT2D eigenvalue weighted by Crippen LogP contribution is -2.13. The third kappa shape index (κ3) is 8.91. The van der Waals surface area contributed by atoms with Crippen LogP contribution in [0.3, 0.4) is 0 Å². The number of ether oxygens (including phenoxy) is 1. The van der Waals surface area contributed by atoms with Crippen molar-refractivity contribution in [3.63, 3.8) is 0 Å². The Balaban J connectivity index is 1.09. The van der Waals surface area contributed by atoms with Crippen molar-refractivity contribution in [1.29, 1.82) is 0 Å². The van der Waals surface area contributed by atoms with E-state index in [2.05, 4.69) is 188 Å². The molecule has 322 valence electrons. The summed E-state index contributed by atoms with van der Waals surface area (Å²) in [7, 11) is 2.14. The van der Waals surface area contributed by atoms with Crippen LogP contribution in [0.2, 0.25) is 0 Å². The second-order valence-corrected chi connectivity index (χ2v) is 16.5. The molecule has 1 aliphatic rings. The number of hydrogen-bond donors (Lipinski definition) is 0. The van der Waals surface area contributed by atoms with Crippen LogP contribution < -0.4 is 9.64 Å². The monoisotopic (exact) mass is 864 g/mol. The Labute approximate surface area is 392 Å². The van der Waals surface area contributed by atoms with Crippen LogP contribution in [0.15, 0.2) is 257 Å². The maximum Gasteiger partial charge on any atom is 0.157 e. The Kier molecular flexibility index (Phi) is 12.1. The second-order valence-electron chi connectivity index (χ2n) is 16.5. The lowest BCUT2D eigenvalue weighted by molar-refractivity contribution is 0.443. The van der Waals surface area contributed by atoms with Gasteiger partial charge in [0.2, 0.25) is 0 Å². The van der Waals surface area contributed by atoms with Gasteiger partial charge in [0.1, 0.15) is 11.5 Å². The van der Waals surface area contributed by atoms with Gasteiger partial charge in [0.25, 0.3) is 0 Å². The first-order valence-corrected chi connectivity index (χ1v) is 22.5. The van der Waals surface area contributed by atoms with Gasteiger partial charge < -0.3 is 9.64 Å². The molecule has 0 spiro atoms. The van der Waals surface area contributed by atoms with Crippen LogP contribution in [0.1, 0.15) is 16.7 Å². The van der Waals surface area contributed by atoms with Crippen LogP contribution in [0.4, 0.5) is 11.4 Å². The summed E-state index contributed by atoms with van der Waals surface area (Å²) in [4.78, 5) is 16.9. The van der Waals surface area contributed by atoms with Gasteiger partial charge in [-0.25, -0.2) is 9.98 Å². The van der Waals surface area contributed by atoms with Crippen LogP contribution in [0.25, 0.3) is 54.9 Å². The Hall–Kier alpha value is -8.67. The molecule has 1 heterocycles. The molecule has 67 heavy (non-hydrogen) atoms. The van der Waals surface area contributed by atoms with Gasteiger partial charge in [-0.1, -0.05) is 207 Å². The van der Waals surface area contributed by atoms with Crippen LogP contribution in [-0.4, -0.2) is 25.4 Å². The van der Waals surface area contributed by atoms with E-state index in [1.807, 2.05) is 66.8 Å². The summed E-state index contributed by atoms with van der Waals surface area (Å²) in [5.74, 6) is 2.28. The first-order valence-electron chi connectivity index (χ1n) is 22.5. The number of fused-ring (bicyclic) bond motifs is 3. The summed E-state index contributed by atoms with van der Waals surface area (Å²) in [5, 5.41) is 4.74. The summed E-state index contributed by atoms with van der Waals surface area (Å²) in [6, 6.07) is 72.4. The van der Waals surface area contributed by atoms with E-state index in [0.29, 0.717) is 36.1 Å². The normalized spacial score (nSPS) is 14.2. The molecule has 0 atom stereocenters. The number of benzene rings is 9. The van der Waals surface area contributed by atoms with Crippen molar-refractivity contribution in [1.82, 2.24) is 0 Å². The first-order chi connectivity index (χ1) is 33.0. The lowest BCUT2D eigenvalue weighted by atomic mass is 9.86. The molecule has 0 aliphatic carbocycles. The van der Waals surface area contributed by atoms with Gasteiger partial charge in [-0.2, -0.15) is 0 Å². The molecule has 0 saturated heterocycles. The fourth-order valence-electron chi connectivity index (χ4n) is 8.98. The minimum absolute atomic E-state index is 0.478. The van der Waals surface area contributed by atoms with Crippen LogP contribution in [-0.2, 0) is 13.0 Å². The quantitative estimate of drug-likeness (QED) is 0.107. The molecular formula is C62H48N4O.